The van der Waals surface area contributed by atoms with E-state index in [1.54, 1.807) is 12.4 Å². The number of aromatic nitrogens is 3. The molecule has 3 nitrogen and oxygen atoms in total. The molecule has 3 rings (SSSR count). The Morgan fingerprint density at radius 2 is 2.15 bits per heavy atom. The van der Waals surface area contributed by atoms with Gasteiger partial charge in [-0.25, -0.2) is 4.98 Å². The number of halogens is 2. The van der Waals surface area contributed by atoms with Crippen LogP contribution in [0.4, 0.5) is 0 Å². The van der Waals surface area contributed by atoms with Crippen LogP contribution in [0.3, 0.4) is 0 Å². The first kappa shape index (κ1) is 13.6. The van der Waals surface area contributed by atoms with Crippen LogP contribution in [0.25, 0.3) is 16.7 Å². The van der Waals surface area contributed by atoms with Crippen molar-refractivity contribution < 1.29 is 0 Å². The van der Waals surface area contributed by atoms with Gasteiger partial charge in [0.2, 0.25) is 0 Å². The zero-order valence-electron chi connectivity index (χ0n) is 11.0. The van der Waals surface area contributed by atoms with Crippen molar-refractivity contribution in [2.24, 2.45) is 0 Å². The fourth-order valence-corrected chi connectivity index (χ4v) is 2.71. The van der Waals surface area contributed by atoms with E-state index in [0.717, 1.165) is 33.4 Å². The van der Waals surface area contributed by atoms with Crippen molar-refractivity contribution in [3.05, 3.63) is 52.5 Å². The average Bonchev–Trinajstić information content (AvgIpc) is 2.80. The van der Waals surface area contributed by atoms with Gasteiger partial charge in [-0.15, -0.1) is 11.6 Å². The number of rotatable bonds is 3. The highest BCUT2D eigenvalue weighted by atomic mass is 79.9. The van der Waals surface area contributed by atoms with E-state index in [-0.39, 0.29) is 0 Å². The number of imidazole rings is 1. The Morgan fingerprint density at radius 1 is 1.30 bits per heavy atom. The lowest BCUT2D eigenvalue weighted by molar-refractivity contribution is 0.911. The van der Waals surface area contributed by atoms with Crippen LogP contribution in [0.2, 0.25) is 0 Å². The smallest absolute Gasteiger partial charge is 0.115 e. The number of benzene rings is 1. The molecule has 0 radical (unpaired) electrons. The van der Waals surface area contributed by atoms with E-state index in [1.165, 1.54) is 5.56 Å². The lowest BCUT2D eigenvalue weighted by atomic mass is 10.2. The minimum Gasteiger partial charge on any atom is -0.296 e. The number of alkyl halides is 1. The van der Waals surface area contributed by atoms with E-state index in [1.807, 2.05) is 6.07 Å². The van der Waals surface area contributed by atoms with E-state index < -0.39 is 0 Å². The topological polar surface area (TPSA) is 30.7 Å². The summed E-state index contributed by atoms with van der Waals surface area (Å²) in [6, 6.07) is 8.26. The summed E-state index contributed by atoms with van der Waals surface area (Å²) in [6.45, 7) is 2.08. The minimum absolute atomic E-state index is 0.548. The van der Waals surface area contributed by atoms with Crippen molar-refractivity contribution in [2.75, 3.05) is 5.88 Å². The SMILES string of the molecule is Cc1cc(-n2c(CCCl)nc3cnccc32)ccc1Br. The van der Waals surface area contributed by atoms with Crippen LogP contribution in [-0.2, 0) is 6.42 Å². The van der Waals surface area contributed by atoms with E-state index in [9.17, 15) is 0 Å². The second kappa shape index (κ2) is 5.54. The Morgan fingerprint density at radius 3 is 2.90 bits per heavy atom. The fourth-order valence-electron chi connectivity index (χ4n) is 2.29. The first-order valence-electron chi connectivity index (χ1n) is 6.34. The lowest BCUT2D eigenvalue weighted by Crippen LogP contribution is -2.02. The normalized spacial score (nSPS) is 11.2. The molecule has 1 aromatic carbocycles. The first-order valence-corrected chi connectivity index (χ1v) is 7.67. The van der Waals surface area contributed by atoms with Crippen LogP contribution in [0.1, 0.15) is 11.4 Å². The summed E-state index contributed by atoms with van der Waals surface area (Å²) in [6.07, 6.45) is 4.30. The lowest BCUT2D eigenvalue weighted by Gasteiger charge is -2.10. The van der Waals surface area contributed by atoms with Gasteiger partial charge >= 0.3 is 0 Å². The maximum absolute atomic E-state index is 5.90. The van der Waals surface area contributed by atoms with Crippen LogP contribution in [0, 0.1) is 6.92 Å². The highest BCUT2D eigenvalue weighted by Crippen LogP contribution is 2.25. The summed E-state index contributed by atoms with van der Waals surface area (Å²) in [7, 11) is 0. The first-order chi connectivity index (χ1) is 9.70. The molecule has 0 bridgehead atoms. The molecule has 0 amide bonds. The Labute approximate surface area is 130 Å². The maximum Gasteiger partial charge on any atom is 0.115 e. The molecule has 0 saturated heterocycles. The Hall–Kier alpha value is -1.39. The number of fused-ring (bicyclic) bond motifs is 1. The number of pyridine rings is 1. The molecular formula is C15H13BrClN3. The van der Waals surface area contributed by atoms with Crippen molar-refractivity contribution in [3.8, 4) is 5.69 Å². The number of hydrogen-bond donors (Lipinski definition) is 0. The molecule has 0 aliphatic heterocycles. The molecule has 0 aliphatic rings. The predicted octanol–water partition coefficient (Wildman–Crippen LogP) is 4.27. The Balaban J connectivity index is 2.26. The third kappa shape index (κ3) is 2.34. The van der Waals surface area contributed by atoms with Gasteiger partial charge in [0.15, 0.2) is 0 Å². The zero-order chi connectivity index (χ0) is 14.1. The minimum atomic E-state index is 0.548. The summed E-state index contributed by atoms with van der Waals surface area (Å²) in [4.78, 5) is 8.77. The number of aryl methyl sites for hydroxylation is 2. The molecule has 20 heavy (non-hydrogen) atoms. The molecule has 0 saturated carbocycles. The molecular weight excluding hydrogens is 338 g/mol. The molecule has 0 fully saturated rings. The van der Waals surface area contributed by atoms with Gasteiger partial charge in [0.1, 0.15) is 11.3 Å². The number of nitrogens with zero attached hydrogens (tertiary/aromatic N) is 3. The summed E-state index contributed by atoms with van der Waals surface area (Å²) < 4.78 is 3.25. The monoisotopic (exact) mass is 349 g/mol. The van der Waals surface area contributed by atoms with Gasteiger partial charge in [-0.1, -0.05) is 15.9 Å². The number of hydrogen-bond acceptors (Lipinski definition) is 2. The van der Waals surface area contributed by atoms with Crippen molar-refractivity contribution in [3.63, 3.8) is 0 Å². The van der Waals surface area contributed by atoms with Crippen molar-refractivity contribution >= 4 is 38.6 Å². The molecule has 5 heteroatoms. The molecule has 2 heterocycles. The van der Waals surface area contributed by atoms with Gasteiger partial charge in [0.05, 0.1) is 11.7 Å². The Kier molecular flexibility index (Phi) is 3.76. The predicted molar refractivity (Wildman–Crippen MR) is 85.7 cm³/mol. The van der Waals surface area contributed by atoms with Gasteiger partial charge in [-0.2, -0.15) is 0 Å². The highest BCUT2D eigenvalue weighted by Gasteiger charge is 2.12. The second-order valence-electron chi connectivity index (χ2n) is 4.60. The zero-order valence-corrected chi connectivity index (χ0v) is 13.3. The molecule has 0 atom stereocenters. The van der Waals surface area contributed by atoms with Gasteiger partial charge < -0.3 is 0 Å². The summed E-state index contributed by atoms with van der Waals surface area (Å²) >= 11 is 9.44. The van der Waals surface area contributed by atoms with Gasteiger partial charge in [0, 0.05) is 28.7 Å². The van der Waals surface area contributed by atoms with Crippen molar-refractivity contribution in [2.45, 2.75) is 13.3 Å². The van der Waals surface area contributed by atoms with Gasteiger partial charge in [-0.3, -0.25) is 9.55 Å². The molecule has 102 valence electrons. The maximum atomic E-state index is 5.90. The highest BCUT2D eigenvalue weighted by molar-refractivity contribution is 9.10. The van der Waals surface area contributed by atoms with Crippen LogP contribution in [-0.4, -0.2) is 20.4 Å². The molecule has 0 spiro atoms. The molecule has 2 aromatic heterocycles. The van der Waals surface area contributed by atoms with E-state index in [4.69, 9.17) is 11.6 Å². The van der Waals surface area contributed by atoms with Crippen molar-refractivity contribution in [1.82, 2.24) is 14.5 Å². The third-order valence-electron chi connectivity index (χ3n) is 3.24. The fraction of sp³-hybridized carbons (Fsp3) is 0.200. The summed E-state index contributed by atoms with van der Waals surface area (Å²) in [5.41, 5.74) is 4.24. The Bertz CT molecular complexity index is 767. The quantitative estimate of drug-likeness (QED) is 0.660. The van der Waals surface area contributed by atoms with Crippen LogP contribution in [0.5, 0.6) is 0 Å². The summed E-state index contributed by atoms with van der Waals surface area (Å²) in [5.74, 6) is 1.51. The molecule has 0 aliphatic carbocycles. The van der Waals surface area contributed by atoms with Crippen molar-refractivity contribution in [1.29, 1.82) is 0 Å². The third-order valence-corrected chi connectivity index (χ3v) is 4.32. The molecule has 0 unspecified atom stereocenters. The summed E-state index contributed by atoms with van der Waals surface area (Å²) in [5, 5.41) is 0. The van der Waals surface area contributed by atoms with Crippen LogP contribution < -0.4 is 0 Å². The van der Waals surface area contributed by atoms with E-state index >= 15 is 0 Å². The molecule has 0 N–H and O–H groups in total. The van der Waals surface area contributed by atoms with Crippen LogP contribution in [0.15, 0.2) is 41.1 Å². The largest absolute Gasteiger partial charge is 0.296 e. The second-order valence-corrected chi connectivity index (χ2v) is 5.83. The van der Waals surface area contributed by atoms with Gasteiger partial charge in [0.25, 0.3) is 0 Å². The van der Waals surface area contributed by atoms with Crippen LogP contribution >= 0.6 is 27.5 Å². The van der Waals surface area contributed by atoms with Gasteiger partial charge in [-0.05, 0) is 36.8 Å². The standard InChI is InChI=1S/C15H13BrClN3/c1-10-8-11(2-3-12(10)16)20-14-5-7-18-9-13(14)19-15(20)4-6-17/h2-3,5,7-9H,4,6H2,1H3. The average molecular weight is 351 g/mol. The van der Waals surface area contributed by atoms with E-state index in [2.05, 4.69) is 55.6 Å². The molecule has 3 aromatic rings. The van der Waals surface area contributed by atoms with E-state index in [0.29, 0.717) is 5.88 Å².